The second kappa shape index (κ2) is 8.21. The molecule has 1 aromatic carbocycles. The third kappa shape index (κ3) is 5.14. The van der Waals surface area contributed by atoms with E-state index in [1.165, 1.54) is 5.56 Å². The second-order valence-electron chi connectivity index (χ2n) is 4.38. The van der Waals surface area contributed by atoms with Crippen LogP contribution in [0.25, 0.3) is 0 Å². The summed E-state index contributed by atoms with van der Waals surface area (Å²) < 4.78 is 6.87. The van der Waals surface area contributed by atoms with E-state index in [1.54, 1.807) is 0 Å². The number of rotatable bonds is 5. The number of hydrogen-bond acceptors (Lipinski definition) is 1. The van der Waals surface area contributed by atoms with Gasteiger partial charge in [-0.25, -0.2) is 0 Å². The zero-order chi connectivity index (χ0) is 13.4. The fourth-order valence-corrected chi connectivity index (χ4v) is 2.13. The number of hydrogen-bond donors (Lipinski definition) is 0. The Balaban J connectivity index is 2.81. The lowest BCUT2D eigenvalue weighted by Gasteiger charge is -2.12. The van der Waals surface area contributed by atoms with Crippen LogP contribution >= 0.6 is 15.9 Å². The molecule has 18 heavy (non-hydrogen) atoms. The molecule has 1 unspecified atom stereocenters. The van der Waals surface area contributed by atoms with Gasteiger partial charge < -0.3 is 4.74 Å². The van der Waals surface area contributed by atoms with E-state index < -0.39 is 0 Å². The number of halogens is 1. The van der Waals surface area contributed by atoms with Crippen LogP contribution in [0.15, 0.2) is 22.7 Å². The predicted molar refractivity (Wildman–Crippen MR) is 80.9 cm³/mol. The average Bonchev–Trinajstić information content (AvgIpc) is 2.35. The molecule has 0 bridgehead atoms. The Kier molecular flexibility index (Phi) is 6.90. The van der Waals surface area contributed by atoms with E-state index in [2.05, 4.69) is 54.6 Å². The molecular formula is C16H21BrO. The van der Waals surface area contributed by atoms with Gasteiger partial charge in [0.15, 0.2) is 0 Å². The van der Waals surface area contributed by atoms with Crippen LogP contribution in [0.2, 0.25) is 0 Å². The first kappa shape index (κ1) is 15.1. The van der Waals surface area contributed by atoms with E-state index in [-0.39, 0.29) is 0 Å². The molecule has 0 amide bonds. The molecule has 0 saturated heterocycles. The van der Waals surface area contributed by atoms with E-state index in [0.29, 0.717) is 5.92 Å². The van der Waals surface area contributed by atoms with Crippen LogP contribution in [-0.2, 0) is 6.42 Å². The van der Waals surface area contributed by atoms with Crippen LogP contribution in [0.5, 0.6) is 5.75 Å². The molecular weight excluding hydrogens is 288 g/mol. The zero-order valence-corrected chi connectivity index (χ0v) is 13.0. The molecule has 1 aromatic rings. The van der Waals surface area contributed by atoms with Gasteiger partial charge in [-0.2, -0.15) is 0 Å². The monoisotopic (exact) mass is 308 g/mol. The van der Waals surface area contributed by atoms with Crippen molar-refractivity contribution in [3.63, 3.8) is 0 Å². The molecule has 0 saturated carbocycles. The highest BCUT2D eigenvalue weighted by atomic mass is 79.9. The highest BCUT2D eigenvalue weighted by molar-refractivity contribution is 9.10. The smallest absolute Gasteiger partial charge is 0.122 e. The van der Waals surface area contributed by atoms with Gasteiger partial charge in [0.2, 0.25) is 0 Å². The summed E-state index contributed by atoms with van der Waals surface area (Å²) in [5.74, 6) is 7.76. The van der Waals surface area contributed by atoms with E-state index in [9.17, 15) is 0 Å². The summed E-state index contributed by atoms with van der Waals surface area (Å²) in [5.41, 5.74) is 1.23. The van der Waals surface area contributed by atoms with E-state index >= 15 is 0 Å². The summed E-state index contributed by atoms with van der Waals surface area (Å²) in [7, 11) is 0. The molecule has 0 heterocycles. The maximum absolute atomic E-state index is 5.78. The van der Waals surface area contributed by atoms with Crippen molar-refractivity contribution in [3.8, 4) is 17.6 Å². The van der Waals surface area contributed by atoms with Crippen molar-refractivity contribution >= 4 is 15.9 Å². The van der Waals surface area contributed by atoms with Gasteiger partial charge in [-0.1, -0.05) is 42.6 Å². The Morgan fingerprint density at radius 2 is 2.11 bits per heavy atom. The quantitative estimate of drug-likeness (QED) is 0.708. The van der Waals surface area contributed by atoms with Crippen molar-refractivity contribution in [2.75, 3.05) is 6.61 Å². The highest BCUT2D eigenvalue weighted by Gasteiger charge is 2.08. The van der Waals surface area contributed by atoms with Crippen LogP contribution in [0.4, 0.5) is 0 Å². The SMILES string of the molecule is CCC#CC(C)Cc1cc(Br)ccc1OCCC. The van der Waals surface area contributed by atoms with Gasteiger partial charge in [0.25, 0.3) is 0 Å². The third-order valence-corrected chi connectivity index (χ3v) is 3.03. The minimum atomic E-state index is 0.364. The summed E-state index contributed by atoms with van der Waals surface area (Å²) in [4.78, 5) is 0. The molecule has 0 fully saturated rings. The van der Waals surface area contributed by atoms with Crippen molar-refractivity contribution in [2.24, 2.45) is 5.92 Å². The van der Waals surface area contributed by atoms with Gasteiger partial charge in [-0.3, -0.25) is 0 Å². The molecule has 98 valence electrons. The van der Waals surface area contributed by atoms with Gasteiger partial charge in [-0.15, -0.1) is 5.92 Å². The minimum absolute atomic E-state index is 0.364. The van der Waals surface area contributed by atoms with Crippen molar-refractivity contribution in [1.29, 1.82) is 0 Å². The predicted octanol–water partition coefficient (Wildman–Crippen LogP) is 4.83. The van der Waals surface area contributed by atoms with Crippen molar-refractivity contribution in [1.82, 2.24) is 0 Å². The number of ether oxygens (including phenoxy) is 1. The lowest BCUT2D eigenvalue weighted by molar-refractivity contribution is 0.313. The second-order valence-corrected chi connectivity index (χ2v) is 5.30. The van der Waals surface area contributed by atoms with E-state index in [1.807, 2.05) is 12.1 Å². The molecule has 0 radical (unpaired) electrons. The summed E-state index contributed by atoms with van der Waals surface area (Å²) in [5, 5.41) is 0. The Morgan fingerprint density at radius 3 is 2.78 bits per heavy atom. The first-order valence-corrected chi connectivity index (χ1v) is 7.36. The van der Waals surface area contributed by atoms with Crippen molar-refractivity contribution < 1.29 is 4.74 Å². The first-order valence-electron chi connectivity index (χ1n) is 6.57. The van der Waals surface area contributed by atoms with Crippen LogP contribution in [0.1, 0.15) is 39.2 Å². The molecule has 1 atom stereocenters. The maximum Gasteiger partial charge on any atom is 0.122 e. The Morgan fingerprint density at radius 1 is 1.33 bits per heavy atom. The Labute approximate surface area is 119 Å². The molecule has 0 aliphatic heterocycles. The van der Waals surface area contributed by atoms with Crippen molar-refractivity contribution in [2.45, 2.75) is 40.0 Å². The van der Waals surface area contributed by atoms with Gasteiger partial charge in [0.1, 0.15) is 5.75 Å². The summed E-state index contributed by atoms with van der Waals surface area (Å²) in [6.07, 6.45) is 2.88. The lowest BCUT2D eigenvalue weighted by atomic mass is 10.0. The molecule has 0 aromatic heterocycles. The van der Waals surface area contributed by atoms with Gasteiger partial charge in [0, 0.05) is 16.8 Å². The van der Waals surface area contributed by atoms with Gasteiger partial charge in [-0.05, 0) is 36.6 Å². The molecule has 0 aliphatic rings. The molecule has 0 aliphatic carbocycles. The standard InChI is InChI=1S/C16H21BrO/c1-4-6-7-13(3)11-14-12-15(17)8-9-16(14)18-10-5-2/h8-9,12-13H,4-5,10-11H2,1-3H3. The molecule has 0 spiro atoms. The first-order chi connectivity index (χ1) is 8.67. The topological polar surface area (TPSA) is 9.23 Å². The normalized spacial score (nSPS) is 11.6. The highest BCUT2D eigenvalue weighted by Crippen LogP contribution is 2.25. The summed E-state index contributed by atoms with van der Waals surface area (Å²) in [6.45, 7) is 7.12. The average molecular weight is 309 g/mol. The van der Waals surface area contributed by atoms with Gasteiger partial charge >= 0.3 is 0 Å². The van der Waals surface area contributed by atoms with Crippen LogP contribution in [0.3, 0.4) is 0 Å². The summed E-state index contributed by atoms with van der Waals surface area (Å²) >= 11 is 3.52. The zero-order valence-electron chi connectivity index (χ0n) is 11.4. The molecule has 2 heteroatoms. The van der Waals surface area contributed by atoms with E-state index in [0.717, 1.165) is 36.1 Å². The minimum Gasteiger partial charge on any atom is -0.493 e. The Hall–Kier alpha value is -0.940. The van der Waals surface area contributed by atoms with E-state index in [4.69, 9.17) is 4.74 Å². The summed E-state index contributed by atoms with van der Waals surface area (Å²) in [6, 6.07) is 6.20. The fourth-order valence-electron chi connectivity index (χ4n) is 1.72. The van der Waals surface area contributed by atoms with Crippen LogP contribution < -0.4 is 4.74 Å². The largest absolute Gasteiger partial charge is 0.493 e. The van der Waals surface area contributed by atoms with Gasteiger partial charge in [0.05, 0.1) is 6.61 Å². The van der Waals surface area contributed by atoms with Crippen molar-refractivity contribution in [3.05, 3.63) is 28.2 Å². The van der Waals surface area contributed by atoms with Crippen LogP contribution in [-0.4, -0.2) is 6.61 Å². The fraction of sp³-hybridized carbons (Fsp3) is 0.500. The van der Waals surface area contributed by atoms with Crippen LogP contribution in [0, 0.1) is 17.8 Å². The lowest BCUT2D eigenvalue weighted by Crippen LogP contribution is -2.02. The molecule has 0 N–H and O–H groups in total. The Bertz CT molecular complexity index is 428. The molecule has 1 rings (SSSR count). The number of benzene rings is 1. The molecule has 1 nitrogen and oxygen atoms in total. The third-order valence-electron chi connectivity index (χ3n) is 2.54. The maximum atomic E-state index is 5.78.